The lowest BCUT2D eigenvalue weighted by atomic mass is 10.1. The molecular weight excluding hydrogens is 238 g/mol. The Kier molecular flexibility index (Phi) is 3.06. The molecule has 0 unspecified atom stereocenters. The van der Waals surface area contributed by atoms with E-state index in [0.717, 1.165) is 10.5 Å². The smallest absolute Gasteiger partial charge is 0.341 e. The van der Waals surface area contributed by atoms with Crippen LogP contribution in [0.25, 0.3) is 11.3 Å². The van der Waals surface area contributed by atoms with Crippen molar-refractivity contribution in [2.24, 2.45) is 0 Å². The van der Waals surface area contributed by atoms with Crippen molar-refractivity contribution in [3.63, 3.8) is 0 Å². The number of nitrogens with one attached hydrogen (secondary N) is 1. The molecule has 0 saturated heterocycles. The number of aromatic carboxylic acids is 1. The number of anilines is 1. The highest BCUT2D eigenvalue weighted by Crippen LogP contribution is 2.26. The largest absolute Gasteiger partial charge is 0.477 e. The summed E-state index contributed by atoms with van der Waals surface area (Å²) in [5, 5.41) is 15.4. The Morgan fingerprint density at radius 2 is 2.06 bits per heavy atom. The zero-order valence-corrected chi connectivity index (χ0v) is 9.91. The van der Waals surface area contributed by atoms with Crippen LogP contribution in [0.3, 0.4) is 0 Å². The molecule has 1 aromatic heterocycles. The third-order valence-electron chi connectivity index (χ3n) is 2.39. The standard InChI is InChI=1S/C11H11N3O2S/c1-17-7-4-2-6(3-5-7)9-8(11(15)16)10(12)14-13-9/h2-5H,1H3,(H,15,16)(H3,12,13,14). The average Bonchev–Trinajstić information content (AvgIpc) is 2.71. The Hall–Kier alpha value is -1.95. The summed E-state index contributed by atoms with van der Waals surface area (Å²) in [7, 11) is 0. The minimum atomic E-state index is -1.08. The van der Waals surface area contributed by atoms with E-state index >= 15 is 0 Å². The van der Waals surface area contributed by atoms with E-state index < -0.39 is 5.97 Å². The fraction of sp³-hybridized carbons (Fsp3) is 0.0909. The van der Waals surface area contributed by atoms with E-state index in [9.17, 15) is 4.79 Å². The molecule has 0 aliphatic heterocycles. The van der Waals surface area contributed by atoms with Gasteiger partial charge in [0.05, 0.1) is 5.69 Å². The Morgan fingerprint density at radius 3 is 2.59 bits per heavy atom. The van der Waals surface area contributed by atoms with Gasteiger partial charge in [-0.1, -0.05) is 12.1 Å². The number of carboxylic acid groups (broad SMARTS) is 1. The van der Waals surface area contributed by atoms with E-state index in [1.165, 1.54) is 0 Å². The first-order chi connectivity index (χ1) is 8.13. The van der Waals surface area contributed by atoms with Crippen LogP contribution in [0.2, 0.25) is 0 Å². The maximum atomic E-state index is 11.1. The van der Waals surface area contributed by atoms with Gasteiger partial charge in [0.1, 0.15) is 5.56 Å². The number of thioether (sulfide) groups is 1. The number of rotatable bonds is 3. The molecule has 0 radical (unpaired) electrons. The van der Waals surface area contributed by atoms with Gasteiger partial charge in [0, 0.05) is 10.5 Å². The number of hydrogen-bond donors (Lipinski definition) is 3. The molecule has 1 aromatic carbocycles. The molecule has 0 spiro atoms. The van der Waals surface area contributed by atoms with Crippen molar-refractivity contribution in [3.05, 3.63) is 29.8 Å². The number of nitrogen functional groups attached to an aromatic ring is 1. The number of nitrogens with zero attached hydrogens (tertiary/aromatic N) is 1. The van der Waals surface area contributed by atoms with Crippen molar-refractivity contribution >= 4 is 23.5 Å². The number of aromatic amines is 1. The fourth-order valence-electron chi connectivity index (χ4n) is 1.54. The Labute approximate surface area is 102 Å². The minimum absolute atomic E-state index is 0.00134. The molecule has 5 nitrogen and oxygen atoms in total. The van der Waals surface area contributed by atoms with Gasteiger partial charge in [0.25, 0.3) is 0 Å². The van der Waals surface area contributed by atoms with Gasteiger partial charge in [-0.15, -0.1) is 11.8 Å². The normalized spacial score (nSPS) is 10.4. The van der Waals surface area contributed by atoms with Crippen LogP contribution < -0.4 is 5.73 Å². The molecule has 2 rings (SSSR count). The quantitative estimate of drug-likeness (QED) is 0.724. The van der Waals surface area contributed by atoms with Crippen LogP contribution in [0.1, 0.15) is 10.4 Å². The topological polar surface area (TPSA) is 92.0 Å². The first-order valence-corrected chi connectivity index (χ1v) is 6.07. The maximum absolute atomic E-state index is 11.1. The van der Waals surface area contributed by atoms with E-state index in [-0.39, 0.29) is 11.4 Å². The monoisotopic (exact) mass is 249 g/mol. The van der Waals surface area contributed by atoms with Crippen LogP contribution >= 0.6 is 11.8 Å². The van der Waals surface area contributed by atoms with E-state index in [1.807, 2.05) is 30.5 Å². The van der Waals surface area contributed by atoms with Gasteiger partial charge in [-0.2, -0.15) is 5.10 Å². The predicted molar refractivity (Wildman–Crippen MR) is 67.2 cm³/mol. The molecule has 0 aliphatic rings. The van der Waals surface area contributed by atoms with Crippen molar-refractivity contribution in [1.82, 2.24) is 10.2 Å². The lowest BCUT2D eigenvalue weighted by Crippen LogP contribution is -2.01. The molecule has 0 fully saturated rings. The Balaban J connectivity index is 2.49. The minimum Gasteiger partial charge on any atom is -0.477 e. The first kappa shape index (κ1) is 11.5. The number of H-pyrrole nitrogens is 1. The van der Waals surface area contributed by atoms with Crippen LogP contribution in [0.5, 0.6) is 0 Å². The van der Waals surface area contributed by atoms with Crippen LogP contribution in [0.4, 0.5) is 5.82 Å². The van der Waals surface area contributed by atoms with Gasteiger partial charge in [0.15, 0.2) is 5.82 Å². The maximum Gasteiger partial charge on any atom is 0.341 e. The molecule has 88 valence electrons. The number of nitrogens with two attached hydrogens (primary N) is 1. The summed E-state index contributed by atoms with van der Waals surface area (Å²) in [6, 6.07) is 7.52. The van der Waals surface area contributed by atoms with Gasteiger partial charge in [-0.3, -0.25) is 5.10 Å². The number of hydrogen-bond acceptors (Lipinski definition) is 4. The molecule has 0 bridgehead atoms. The van der Waals surface area contributed by atoms with Crippen molar-refractivity contribution in [2.75, 3.05) is 12.0 Å². The number of aromatic nitrogens is 2. The van der Waals surface area contributed by atoms with Crippen LogP contribution in [-0.4, -0.2) is 27.5 Å². The number of carbonyl (C=O) groups is 1. The Bertz CT molecular complexity index is 548. The second-order valence-electron chi connectivity index (χ2n) is 3.39. The molecule has 17 heavy (non-hydrogen) atoms. The first-order valence-electron chi connectivity index (χ1n) is 4.85. The van der Waals surface area contributed by atoms with Crippen molar-refractivity contribution in [2.45, 2.75) is 4.90 Å². The summed E-state index contributed by atoms with van der Waals surface area (Å²) in [6.45, 7) is 0. The van der Waals surface area contributed by atoms with Crippen LogP contribution in [-0.2, 0) is 0 Å². The van der Waals surface area contributed by atoms with Crippen molar-refractivity contribution in [1.29, 1.82) is 0 Å². The lowest BCUT2D eigenvalue weighted by molar-refractivity contribution is 0.0699. The van der Waals surface area contributed by atoms with Crippen molar-refractivity contribution in [3.8, 4) is 11.3 Å². The molecular formula is C11H11N3O2S. The zero-order valence-electron chi connectivity index (χ0n) is 9.10. The van der Waals surface area contributed by atoms with E-state index in [0.29, 0.717) is 5.69 Å². The van der Waals surface area contributed by atoms with E-state index in [2.05, 4.69) is 10.2 Å². The summed E-state index contributed by atoms with van der Waals surface area (Å²) in [5.74, 6) is -1.08. The van der Waals surface area contributed by atoms with Gasteiger partial charge >= 0.3 is 5.97 Å². The highest BCUT2D eigenvalue weighted by Gasteiger charge is 2.18. The molecule has 0 atom stereocenters. The number of benzene rings is 1. The highest BCUT2D eigenvalue weighted by atomic mass is 32.2. The summed E-state index contributed by atoms with van der Waals surface area (Å²) in [5.41, 5.74) is 6.71. The van der Waals surface area contributed by atoms with Gasteiger partial charge in [-0.25, -0.2) is 4.79 Å². The summed E-state index contributed by atoms with van der Waals surface area (Å²) < 4.78 is 0. The third kappa shape index (κ3) is 2.12. The molecule has 0 amide bonds. The van der Waals surface area contributed by atoms with Crippen LogP contribution in [0.15, 0.2) is 29.2 Å². The second-order valence-corrected chi connectivity index (χ2v) is 4.27. The second kappa shape index (κ2) is 4.50. The van der Waals surface area contributed by atoms with Gasteiger partial charge < -0.3 is 10.8 Å². The van der Waals surface area contributed by atoms with Gasteiger partial charge in [-0.05, 0) is 18.4 Å². The molecule has 0 saturated carbocycles. The van der Waals surface area contributed by atoms with Crippen LogP contribution in [0, 0.1) is 0 Å². The molecule has 2 aromatic rings. The summed E-state index contributed by atoms with van der Waals surface area (Å²) in [6.07, 6.45) is 1.98. The zero-order chi connectivity index (χ0) is 12.4. The fourth-order valence-corrected chi connectivity index (χ4v) is 1.95. The lowest BCUT2D eigenvalue weighted by Gasteiger charge is -2.01. The molecule has 0 aliphatic carbocycles. The highest BCUT2D eigenvalue weighted by molar-refractivity contribution is 7.98. The summed E-state index contributed by atoms with van der Waals surface area (Å²) >= 11 is 1.62. The van der Waals surface area contributed by atoms with Gasteiger partial charge in [0.2, 0.25) is 0 Å². The third-order valence-corrected chi connectivity index (χ3v) is 3.13. The molecule has 1 heterocycles. The van der Waals surface area contributed by atoms with E-state index in [1.54, 1.807) is 11.8 Å². The summed E-state index contributed by atoms with van der Waals surface area (Å²) in [4.78, 5) is 12.2. The SMILES string of the molecule is CSc1ccc(-c2[nH]nc(N)c2C(=O)O)cc1. The Morgan fingerprint density at radius 1 is 1.41 bits per heavy atom. The van der Waals surface area contributed by atoms with E-state index in [4.69, 9.17) is 10.8 Å². The molecule has 6 heteroatoms. The molecule has 4 N–H and O–H groups in total. The van der Waals surface area contributed by atoms with Crippen molar-refractivity contribution < 1.29 is 9.90 Å². The predicted octanol–water partition coefficient (Wildman–Crippen LogP) is 2.08. The average molecular weight is 249 g/mol. The number of carboxylic acids is 1.